The van der Waals surface area contributed by atoms with Gasteiger partial charge < -0.3 is 29.6 Å². The summed E-state index contributed by atoms with van der Waals surface area (Å²) in [5, 5.41) is 5.90. The number of hydrogen-bond acceptors (Lipinski definition) is 6. The van der Waals surface area contributed by atoms with Crippen LogP contribution in [0.3, 0.4) is 0 Å². The maximum atomic E-state index is 13.5. The minimum Gasteiger partial charge on any atom is -0.496 e. The number of carbonyl (C=O) groups is 4. The fraction of sp³-hybridized carbons (Fsp3) is 0.417. The Balaban J connectivity index is 1.29. The maximum Gasteiger partial charge on any atom is 0.290 e. The van der Waals surface area contributed by atoms with Crippen LogP contribution in [0.2, 0.25) is 0 Å². The van der Waals surface area contributed by atoms with E-state index in [4.69, 9.17) is 9.15 Å². The number of fused-ring (bicyclic) bond motifs is 2. The Morgan fingerprint density at radius 1 is 1.21 bits per heavy atom. The van der Waals surface area contributed by atoms with Crippen LogP contribution in [0.25, 0.3) is 0 Å². The number of furan rings is 1. The molecule has 2 N–H and O–H groups in total. The van der Waals surface area contributed by atoms with Crippen LogP contribution in [0.4, 0.5) is 0 Å². The molecule has 4 atom stereocenters. The van der Waals surface area contributed by atoms with Gasteiger partial charge in [0, 0.05) is 24.7 Å². The van der Waals surface area contributed by atoms with Crippen LogP contribution in [0.1, 0.15) is 29.0 Å². The number of para-hydroxylation sites is 1. The Hall–Kier alpha value is -3.82. The molecule has 10 heteroatoms. The second-order valence-corrected chi connectivity index (χ2v) is 8.82. The molecule has 10 nitrogen and oxygen atoms in total. The van der Waals surface area contributed by atoms with Crippen molar-refractivity contribution in [3.8, 4) is 5.75 Å². The first kappa shape index (κ1) is 22.0. The summed E-state index contributed by atoms with van der Waals surface area (Å²) < 4.78 is 10.5. The van der Waals surface area contributed by atoms with Gasteiger partial charge in [-0.15, -0.1) is 0 Å². The van der Waals surface area contributed by atoms with Gasteiger partial charge in [0.05, 0.1) is 25.8 Å². The first-order valence-corrected chi connectivity index (χ1v) is 11.3. The summed E-state index contributed by atoms with van der Waals surface area (Å²) in [5.74, 6) is -0.348. The predicted octanol–water partition coefficient (Wildman–Crippen LogP) is 0.330. The number of nitrogens with one attached hydrogen (secondary N) is 2. The lowest BCUT2D eigenvalue weighted by Crippen LogP contribution is -2.52. The van der Waals surface area contributed by atoms with Crippen molar-refractivity contribution >= 4 is 23.6 Å². The molecule has 34 heavy (non-hydrogen) atoms. The molecule has 3 fully saturated rings. The fourth-order valence-electron chi connectivity index (χ4n) is 5.20. The van der Waals surface area contributed by atoms with Crippen LogP contribution in [0, 0.1) is 0 Å². The van der Waals surface area contributed by atoms with E-state index in [0.717, 1.165) is 5.56 Å². The number of benzene rings is 1. The van der Waals surface area contributed by atoms with Crippen LogP contribution < -0.4 is 15.4 Å². The number of methoxy groups -OCH3 is 1. The molecule has 4 amide bonds. The molecule has 0 radical (unpaired) electrons. The SMILES string of the molecule is COc1ccccc1CC(=O)N[C@H]1C[C@@H]2C(=O)N[C@H]3CCN(C(=O)c4ccco4)[C@@H]3C(=O)N2C1. The van der Waals surface area contributed by atoms with Gasteiger partial charge in [-0.05, 0) is 31.0 Å². The highest BCUT2D eigenvalue weighted by molar-refractivity contribution is 5.99. The third-order valence-corrected chi connectivity index (χ3v) is 6.77. The summed E-state index contributed by atoms with van der Waals surface area (Å²) >= 11 is 0. The largest absolute Gasteiger partial charge is 0.496 e. The zero-order valence-electron chi connectivity index (χ0n) is 18.7. The van der Waals surface area contributed by atoms with Crippen molar-refractivity contribution in [1.82, 2.24) is 20.4 Å². The first-order chi connectivity index (χ1) is 16.5. The molecular formula is C24H26N4O6. The molecule has 178 valence electrons. The minimum atomic E-state index is -0.797. The van der Waals surface area contributed by atoms with Crippen LogP contribution >= 0.6 is 0 Å². The van der Waals surface area contributed by atoms with Crippen molar-refractivity contribution in [2.75, 3.05) is 20.2 Å². The molecule has 4 heterocycles. The van der Waals surface area contributed by atoms with Crippen LogP contribution in [-0.4, -0.2) is 77.8 Å². The maximum absolute atomic E-state index is 13.5. The van der Waals surface area contributed by atoms with E-state index in [9.17, 15) is 19.2 Å². The highest BCUT2D eigenvalue weighted by Gasteiger charge is 2.52. The molecule has 0 bridgehead atoms. The summed E-state index contributed by atoms with van der Waals surface area (Å²) in [6, 6.07) is 8.16. The van der Waals surface area contributed by atoms with Gasteiger partial charge in [0.1, 0.15) is 17.8 Å². The van der Waals surface area contributed by atoms with Gasteiger partial charge in [0.25, 0.3) is 5.91 Å². The Bertz CT molecular complexity index is 1120. The molecule has 0 saturated carbocycles. The Morgan fingerprint density at radius 2 is 2.03 bits per heavy atom. The monoisotopic (exact) mass is 466 g/mol. The Morgan fingerprint density at radius 3 is 2.79 bits per heavy atom. The Kier molecular flexibility index (Phi) is 5.72. The van der Waals surface area contributed by atoms with E-state index in [1.165, 1.54) is 16.1 Å². The number of ether oxygens (including phenoxy) is 1. The quantitative estimate of drug-likeness (QED) is 0.655. The van der Waals surface area contributed by atoms with Crippen LogP contribution in [-0.2, 0) is 20.8 Å². The second kappa shape index (κ2) is 8.85. The Labute approximate surface area is 196 Å². The highest BCUT2D eigenvalue weighted by atomic mass is 16.5. The molecule has 0 spiro atoms. The van der Waals surface area contributed by atoms with Gasteiger partial charge in [-0.25, -0.2) is 0 Å². The summed E-state index contributed by atoms with van der Waals surface area (Å²) in [6.45, 7) is 0.555. The average Bonchev–Trinajstić information content (AvgIpc) is 3.57. The summed E-state index contributed by atoms with van der Waals surface area (Å²) in [7, 11) is 1.55. The lowest BCUT2D eigenvalue weighted by Gasteiger charge is -2.28. The van der Waals surface area contributed by atoms with E-state index in [0.29, 0.717) is 25.1 Å². The molecule has 5 rings (SSSR count). The van der Waals surface area contributed by atoms with Crippen molar-refractivity contribution < 1.29 is 28.3 Å². The van der Waals surface area contributed by atoms with E-state index in [1.54, 1.807) is 25.3 Å². The zero-order valence-corrected chi connectivity index (χ0v) is 18.7. The van der Waals surface area contributed by atoms with Crippen molar-refractivity contribution in [2.45, 2.75) is 43.4 Å². The second-order valence-electron chi connectivity index (χ2n) is 8.82. The molecule has 3 aliphatic heterocycles. The fourth-order valence-corrected chi connectivity index (χ4v) is 5.20. The number of likely N-dealkylation sites (tertiary alicyclic amines) is 1. The standard InChI is InChI=1S/C24H26N4O6/c1-33-18-6-3-2-5-14(18)11-20(29)25-15-12-17-22(30)26-16-8-9-27(21(16)24(32)28(17)13-15)23(31)19-7-4-10-34-19/h2-7,10,15-17,21H,8-9,11-13H2,1H3,(H,25,29)(H,26,30)/t15-,16-,17+,21-/m0/s1. The van der Waals surface area contributed by atoms with E-state index in [-0.39, 0.29) is 48.4 Å². The molecule has 1 aromatic carbocycles. The summed E-state index contributed by atoms with van der Waals surface area (Å²) in [6.07, 6.45) is 2.35. The number of carbonyl (C=O) groups excluding carboxylic acids is 4. The van der Waals surface area contributed by atoms with Crippen LogP contribution in [0.5, 0.6) is 5.75 Å². The van der Waals surface area contributed by atoms with E-state index >= 15 is 0 Å². The zero-order chi connectivity index (χ0) is 23.8. The third-order valence-electron chi connectivity index (χ3n) is 6.77. The molecular weight excluding hydrogens is 440 g/mol. The molecule has 1 aromatic heterocycles. The molecule has 0 unspecified atom stereocenters. The van der Waals surface area contributed by atoms with Crippen molar-refractivity contribution in [3.05, 3.63) is 54.0 Å². The van der Waals surface area contributed by atoms with Crippen molar-refractivity contribution in [3.63, 3.8) is 0 Å². The van der Waals surface area contributed by atoms with Gasteiger partial charge >= 0.3 is 0 Å². The van der Waals surface area contributed by atoms with Crippen molar-refractivity contribution in [1.29, 1.82) is 0 Å². The molecule has 3 aliphatic rings. The summed E-state index contributed by atoms with van der Waals surface area (Å²) in [5.41, 5.74) is 0.754. The van der Waals surface area contributed by atoms with Gasteiger partial charge in [-0.3, -0.25) is 19.2 Å². The van der Waals surface area contributed by atoms with Gasteiger partial charge in [-0.1, -0.05) is 18.2 Å². The van der Waals surface area contributed by atoms with Crippen molar-refractivity contribution in [2.24, 2.45) is 0 Å². The van der Waals surface area contributed by atoms with E-state index in [1.807, 2.05) is 18.2 Å². The molecule has 0 aliphatic carbocycles. The lowest BCUT2D eigenvalue weighted by atomic mass is 10.1. The summed E-state index contributed by atoms with van der Waals surface area (Å²) in [4.78, 5) is 55.0. The van der Waals surface area contributed by atoms with Crippen LogP contribution in [0.15, 0.2) is 47.1 Å². The predicted molar refractivity (Wildman–Crippen MR) is 119 cm³/mol. The number of amides is 4. The van der Waals surface area contributed by atoms with Gasteiger partial charge in [0.15, 0.2) is 5.76 Å². The lowest BCUT2D eigenvalue weighted by molar-refractivity contribution is -0.138. The van der Waals surface area contributed by atoms with Gasteiger partial charge in [-0.2, -0.15) is 0 Å². The smallest absolute Gasteiger partial charge is 0.290 e. The van der Waals surface area contributed by atoms with Gasteiger partial charge in [0.2, 0.25) is 17.7 Å². The third kappa shape index (κ3) is 3.89. The highest BCUT2D eigenvalue weighted by Crippen LogP contribution is 2.30. The van der Waals surface area contributed by atoms with E-state index < -0.39 is 18.1 Å². The first-order valence-electron chi connectivity index (χ1n) is 11.3. The normalized spacial score (nSPS) is 25.9. The number of nitrogens with zero attached hydrogens (tertiary/aromatic N) is 2. The number of rotatable bonds is 5. The molecule has 3 saturated heterocycles. The number of hydrogen-bond donors (Lipinski definition) is 2. The molecule has 2 aromatic rings. The topological polar surface area (TPSA) is 121 Å². The van der Waals surface area contributed by atoms with E-state index in [2.05, 4.69) is 10.6 Å². The average molecular weight is 466 g/mol. The minimum absolute atomic E-state index is 0.126.